The number of hydrogen-bond donors (Lipinski definition) is 0. The second-order valence-corrected chi connectivity index (χ2v) is 22.9. The van der Waals surface area contributed by atoms with E-state index in [4.69, 9.17) is 8.85 Å². The minimum Gasteiger partial charge on any atom is -0.421 e. The van der Waals surface area contributed by atoms with Crippen LogP contribution in [0.25, 0.3) is 0 Å². The molecule has 0 aliphatic rings. The third-order valence-electron chi connectivity index (χ3n) is 1.22. The molecule has 0 unspecified atom stereocenters. The molecule has 0 radical (unpaired) electrons. The molecule has 0 aliphatic carbocycles. The molecule has 0 aromatic carbocycles. The van der Waals surface area contributed by atoms with Gasteiger partial charge in [-0.15, -0.1) is 0 Å². The Morgan fingerprint density at radius 1 is 0.450 bits per heavy atom. The van der Waals surface area contributed by atoms with Gasteiger partial charge in [0, 0.05) is 22.3 Å². The maximum Gasteiger partial charge on any atom is 0.183 e. The first-order valence-corrected chi connectivity index (χ1v) is 17.0. The molecule has 0 spiro atoms. The van der Waals surface area contributed by atoms with Crippen molar-refractivity contribution in [1.29, 1.82) is 0 Å². The van der Waals surface area contributed by atoms with Crippen LogP contribution in [0.5, 0.6) is 0 Å². The van der Waals surface area contributed by atoms with Crippen molar-refractivity contribution in [2.75, 3.05) is 14.2 Å². The lowest BCUT2D eigenvalue weighted by molar-refractivity contribution is 0.410. The summed E-state index contributed by atoms with van der Waals surface area (Å²) in [4.78, 5) is 0. The van der Waals surface area contributed by atoms with Gasteiger partial charge in [-0.3, -0.25) is 0 Å². The van der Waals surface area contributed by atoms with E-state index in [9.17, 15) is 0 Å². The summed E-state index contributed by atoms with van der Waals surface area (Å²) >= 11 is 0. The van der Waals surface area contributed by atoms with Crippen molar-refractivity contribution in [1.82, 2.24) is 0 Å². The Balaban J connectivity index is -0.0000000343. The highest BCUT2D eigenvalue weighted by Gasteiger charge is 2.09. The molecular weight excluding hydrogens is 296 g/mol. The van der Waals surface area contributed by atoms with Gasteiger partial charge < -0.3 is 8.85 Å². The van der Waals surface area contributed by atoms with E-state index in [1.54, 1.807) is 14.2 Å². The van der Waals surface area contributed by atoms with Gasteiger partial charge in [0.25, 0.3) is 0 Å². The average Bonchev–Trinajstić information content (AvgIpc) is 2.00. The molecule has 0 aromatic heterocycles. The molecule has 0 N–H and O–H groups in total. The van der Waals surface area contributed by atoms with E-state index >= 15 is 0 Å². The molecule has 0 rings (SSSR count). The topological polar surface area (TPSA) is 18.5 Å². The quantitative estimate of drug-likeness (QED) is 0.513. The summed E-state index contributed by atoms with van der Waals surface area (Å²) in [5.74, 6) is 0. The molecule has 0 bridgehead atoms. The third kappa shape index (κ3) is 133. The average molecular weight is 345 g/mol. The Hall–Kier alpha value is 0.571. The van der Waals surface area contributed by atoms with E-state index in [-0.39, 0.29) is 22.3 Å². The zero-order valence-electron chi connectivity index (χ0n) is 14.3. The van der Waals surface area contributed by atoms with Gasteiger partial charge in [-0.05, 0) is 39.3 Å². The summed E-state index contributed by atoms with van der Waals surface area (Å²) in [6.07, 6.45) is 0. The molecular formula is C15H48O2Si3. The van der Waals surface area contributed by atoms with Gasteiger partial charge in [0.05, 0.1) is 0 Å². The predicted molar refractivity (Wildman–Crippen MR) is 110 cm³/mol. The lowest BCUT2D eigenvalue weighted by Gasteiger charge is -2.10. The van der Waals surface area contributed by atoms with Crippen LogP contribution in [0.4, 0.5) is 0 Å². The molecule has 0 amide bonds. The summed E-state index contributed by atoms with van der Waals surface area (Å²) in [5.41, 5.74) is 0. The van der Waals surface area contributed by atoms with Gasteiger partial charge in [0.1, 0.15) is 0 Å². The molecule has 0 aliphatic heterocycles. The first kappa shape index (κ1) is 37.1. The minimum absolute atomic E-state index is 0. The van der Waals surface area contributed by atoms with E-state index < -0.39 is 24.7 Å². The fourth-order valence-corrected chi connectivity index (χ4v) is 0. The first-order chi connectivity index (χ1) is 7.12. The van der Waals surface area contributed by atoms with Crippen molar-refractivity contribution >= 4 is 24.7 Å². The maximum atomic E-state index is 5.08. The van der Waals surface area contributed by atoms with E-state index in [0.29, 0.717) is 0 Å². The van der Waals surface area contributed by atoms with Gasteiger partial charge in [0.15, 0.2) is 16.6 Å². The lowest BCUT2D eigenvalue weighted by atomic mass is 11.8. The Labute approximate surface area is 135 Å². The van der Waals surface area contributed by atoms with Crippen molar-refractivity contribution < 1.29 is 8.85 Å². The lowest BCUT2D eigenvalue weighted by Crippen LogP contribution is -2.22. The maximum absolute atomic E-state index is 5.08. The van der Waals surface area contributed by atoms with Crippen molar-refractivity contribution in [3.63, 3.8) is 0 Å². The molecule has 0 saturated heterocycles. The smallest absolute Gasteiger partial charge is 0.183 e. The Kier molecular flexibility index (Phi) is 29.6. The Morgan fingerprint density at radius 2 is 0.500 bits per heavy atom. The fraction of sp³-hybridized carbons (Fsp3) is 1.00. The van der Waals surface area contributed by atoms with Crippen LogP contribution in [0.1, 0.15) is 22.3 Å². The highest BCUT2D eigenvalue weighted by molar-refractivity contribution is 6.74. The van der Waals surface area contributed by atoms with Crippen molar-refractivity contribution in [2.24, 2.45) is 0 Å². The third-order valence-corrected chi connectivity index (χ3v) is 3.67. The summed E-state index contributed by atoms with van der Waals surface area (Å²) in [6.45, 7) is 22.3. The molecule has 5 heteroatoms. The first-order valence-electron chi connectivity index (χ1n) is 6.22. The van der Waals surface area contributed by atoms with Crippen LogP contribution >= 0.6 is 0 Å². The SMILES string of the molecule is C.C.C.CO[Si](C)(C)C.CO[Si](C)(C)C.C[Si](C)(C)C. The largest absolute Gasteiger partial charge is 0.421 e. The van der Waals surface area contributed by atoms with Crippen molar-refractivity contribution in [3.05, 3.63) is 0 Å². The molecule has 0 fully saturated rings. The van der Waals surface area contributed by atoms with Crippen molar-refractivity contribution in [2.45, 2.75) is 87.8 Å². The van der Waals surface area contributed by atoms with Crippen LogP contribution in [0.2, 0.25) is 65.5 Å². The molecule has 0 atom stereocenters. The number of hydrogen-bond acceptors (Lipinski definition) is 2. The monoisotopic (exact) mass is 344 g/mol. The summed E-state index contributed by atoms with van der Waals surface area (Å²) < 4.78 is 10.2. The molecule has 132 valence electrons. The minimum atomic E-state index is -1.13. The molecule has 0 aromatic rings. The highest BCUT2D eigenvalue weighted by atomic mass is 28.4. The van der Waals surface area contributed by atoms with E-state index in [1.165, 1.54) is 0 Å². The Morgan fingerprint density at radius 3 is 0.500 bits per heavy atom. The number of rotatable bonds is 2. The molecule has 0 heterocycles. The zero-order valence-corrected chi connectivity index (χ0v) is 17.3. The van der Waals surface area contributed by atoms with Gasteiger partial charge in [0.2, 0.25) is 0 Å². The standard InChI is InChI=1S/2C4H12OSi.C4H12Si.3CH4/c2*1-5-6(2,3)4;1-5(2,3)4;;;/h2*1-4H3;1-4H3;3*1H4. The summed E-state index contributed by atoms with van der Waals surface area (Å²) in [6, 6.07) is 0. The summed E-state index contributed by atoms with van der Waals surface area (Å²) in [5, 5.41) is 0. The van der Waals surface area contributed by atoms with Crippen molar-refractivity contribution in [3.8, 4) is 0 Å². The highest BCUT2D eigenvalue weighted by Crippen LogP contribution is 1.98. The van der Waals surface area contributed by atoms with Crippen LogP contribution in [-0.4, -0.2) is 38.9 Å². The summed E-state index contributed by atoms with van der Waals surface area (Å²) in [7, 11) is 0.667. The normalized spacial score (nSPS) is 10.2. The van der Waals surface area contributed by atoms with Gasteiger partial charge in [-0.2, -0.15) is 0 Å². The molecule has 0 saturated carbocycles. The Bertz CT molecular complexity index is 145. The molecule has 20 heavy (non-hydrogen) atoms. The van der Waals surface area contributed by atoms with Crippen LogP contribution in [0.15, 0.2) is 0 Å². The van der Waals surface area contributed by atoms with Gasteiger partial charge in [-0.25, -0.2) is 0 Å². The second-order valence-electron chi connectivity index (χ2n) is 7.63. The van der Waals surface area contributed by atoms with Crippen LogP contribution < -0.4 is 0 Å². The zero-order chi connectivity index (χ0) is 14.9. The fourth-order valence-electron chi connectivity index (χ4n) is 0. The van der Waals surface area contributed by atoms with Gasteiger partial charge in [-0.1, -0.05) is 48.5 Å². The van der Waals surface area contributed by atoms with Crippen LogP contribution in [-0.2, 0) is 8.85 Å². The van der Waals surface area contributed by atoms with Crippen LogP contribution in [0.3, 0.4) is 0 Å². The van der Waals surface area contributed by atoms with Gasteiger partial charge >= 0.3 is 0 Å². The van der Waals surface area contributed by atoms with E-state index in [1.807, 2.05) is 0 Å². The second kappa shape index (κ2) is 16.0. The van der Waals surface area contributed by atoms with Crippen LogP contribution in [0, 0.1) is 0 Å². The predicted octanol–water partition coefficient (Wildman–Crippen LogP) is 6.80. The molecule has 2 nitrogen and oxygen atoms in total. The van der Waals surface area contributed by atoms with E-state index in [0.717, 1.165) is 0 Å². The van der Waals surface area contributed by atoms with E-state index in [2.05, 4.69) is 65.5 Å².